The maximum absolute atomic E-state index is 12.1. The van der Waals surface area contributed by atoms with Crippen LogP contribution in [0.15, 0.2) is 24.5 Å². The molecule has 0 aliphatic heterocycles. The lowest BCUT2D eigenvalue weighted by Crippen LogP contribution is -2.13. The molecular formula is C18H22ClN3O2. The van der Waals surface area contributed by atoms with Gasteiger partial charge in [-0.2, -0.15) is 0 Å². The summed E-state index contributed by atoms with van der Waals surface area (Å²) in [7, 11) is 0. The topological polar surface area (TPSA) is 70.1 Å². The van der Waals surface area contributed by atoms with Crippen LogP contribution in [0, 0.1) is 0 Å². The van der Waals surface area contributed by atoms with Crippen molar-refractivity contribution in [3.8, 4) is 5.69 Å². The molecule has 2 aromatic rings. The van der Waals surface area contributed by atoms with Crippen molar-refractivity contribution in [3.63, 3.8) is 0 Å². The molecule has 0 unspecified atom stereocenters. The monoisotopic (exact) mass is 347 g/mol. The van der Waals surface area contributed by atoms with Crippen LogP contribution in [0.1, 0.15) is 61.1 Å². The van der Waals surface area contributed by atoms with Crippen LogP contribution in [0.3, 0.4) is 0 Å². The molecular weight excluding hydrogens is 326 g/mol. The van der Waals surface area contributed by atoms with Gasteiger partial charge in [-0.3, -0.25) is 0 Å². The van der Waals surface area contributed by atoms with Crippen molar-refractivity contribution in [1.29, 1.82) is 0 Å². The SMILES string of the molecule is CCOC(=O)c1cc(-n2ccnc2C2CCCCC2)c(N)cc1Cl. The predicted octanol–water partition coefficient (Wildman–Crippen LogP) is 4.33. The Kier molecular flexibility index (Phi) is 5.09. The molecule has 1 saturated carbocycles. The van der Waals surface area contributed by atoms with E-state index in [0.29, 0.717) is 28.8 Å². The van der Waals surface area contributed by atoms with Crippen molar-refractivity contribution in [2.75, 3.05) is 12.3 Å². The zero-order valence-corrected chi connectivity index (χ0v) is 14.6. The second-order valence-electron chi connectivity index (χ2n) is 6.10. The van der Waals surface area contributed by atoms with Gasteiger partial charge in [0.05, 0.1) is 28.6 Å². The van der Waals surface area contributed by atoms with Crippen molar-refractivity contribution < 1.29 is 9.53 Å². The first-order chi connectivity index (χ1) is 11.6. The molecule has 0 spiro atoms. The Morgan fingerprint density at radius 3 is 2.83 bits per heavy atom. The molecule has 1 heterocycles. The molecule has 1 aromatic heterocycles. The summed E-state index contributed by atoms with van der Waals surface area (Å²) < 4.78 is 7.06. The van der Waals surface area contributed by atoms with Crippen LogP contribution in [0.2, 0.25) is 5.02 Å². The average Bonchev–Trinajstić information content (AvgIpc) is 3.05. The molecule has 0 radical (unpaired) electrons. The van der Waals surface area contributed by atoms with Gasteiger partial charge in [0.25, 0.3) is 0 Å². The van der Waals surface area contributed by atoms with Gasteiger partial charge in [-0.1, -0.05) is 30.9 Å². The third-order valence-corrected chi connectivity index (χ3v) is 4.82. The Morgan fingerprint density at radius 1 is 1.38 bits per heavy atom. The number of nitrogen functional groups attached to an aromatic ring is 1. The number of hydrogen-bond donors (Lipinski definition) is 1. The number of imidazole rings is 1. The van der Waals surface area contributed by atoms with Crippen LogP contribution in [0.25, 0.3) is 5.69 Å². The van der Waals surface area contributed by atoms with Gasteiger partial charge in [0.15, 0.2) is 0 Å². The maximum atomic E-state index is 12.1. The Hall–Kier alpha value is -2.01. The number of halogens is 1. The molecule has 6 heteroatoms. The van der Waals surface area contributed by atoms with E-state index in [4.69, 9.17) is 22.1 Å². The van der Waals surface area contributed by atoms with Crippen molar-refractivity contribution in [3.05, 3.63) is 40.9 Å². The van der Waals surface area contributed by atoms with Gasteiger partial charge in [0, 0.05) is 18.3 Å². The number of carbonyl (C=O) groups excluding carboxylic acids is 1. The number of carbonyl (C=O) groups is 1. The van der Waals surface area contributed by atoms with Crippen molar-refractivity contribution >= 4 is 23.3 Å². The molecule has 0 atom stereocenters. The second kappa shape index (κ2) is 7.26. The van der Waals surface area contributed by atoms with Crippen LogP contribution in [0.4, 0.5) is 5.69 Å². The molecule has 128 valence electrons. The molecule has 1 fully saturated rings. The summed E-state index contributed by atoms with van der Waals surface area (Å²) in [6.07, 6.45) is 9.67. The zero-order valence-electron chi connectivity index (χ0n) is 13.8. The van der Waals surface area contributed by atoms with E-state index in [2.05, 4.69) is 4.98 Å². The van der Waals surface area contributed by atoms with Crippen LogP contribution in [-0.2, 0) is 4.74 Å². The van der Waals surface area contributed by atoms with Crippen LogP contribution < -0.4 is 5.73 Å². The summed E-state index contributed by atoms with van der Waals surface area (Å²) in [5, 5.41) is 0.300. The van der Waals surface area contributed by atoms with Gasteiger partial charge < -0.3 is 15.0 Å². The van der Waals surface area contributed by atoms with Gasteiger partial charge in [0.2, 0.25) is 0 Å². The Morgan fingerprint density at radius 2 is 2.12 bits per heavy atom. The molecule has 5 nitrogen and oxygen atoms in total. The highest BCUT2D eigenvalue weighted by Gasteiger charge is 2.22. The van der Waals surface area contributed by atoms with Gasteiger partial charge in [-0.15, -0.1) is 0 Å². The normalized spacial score (nSPS) is 15.4. The van der Waals surface area contributed by atoms with Crippen molar-refractivity contribution in [2.24, 2.45) is 0 Å². The number of nitrogens with two attached hydrogens (primary N) is 1. The third-order valence-electron chi connectivity index (χ3n) is 4.51. The fourth-order valence-corrected chi connectivity index (χ4v) is 3.58. The summed E-state index contributed by atoms with van der Waals surface area (Å²) in [6, 6.07) is 3.30. The lowest BCUT2D eigenvalue weighted by atomic mass is 9.88. The molecule has 0 saturated heterocycles. The number of esters is 1. The van der Waals surface area contributed by atoms with Gasteiger partial charge in [0.1, 0.15) is 5.82 Å². The van der Waals surface area contributed by atoms with E-state index in [1.165, 1.54) is 19.3 Å². The Labute approximate surface area is 146 Å². The third kappa shape index (κ3) is 3.26. The van der Waals surface area contributed by atoms with E-state index in [9.17, 15) is 4.79 Å². The summed E-state index contributed by atoms with van der Waals surface area (Å²) >= 11 is 6.18. The number of nitrogens with zero attached hydrogens (tertiary/aromatic N) is 2. The molecule has 2 N–H and O–H groups in total. The minimum absolute atomic E-state index is 0.299. The second-order valence-corrected chi connectivity index (χ2v) is 6.51. The predicted molar refractivity (Wildman–Crippen MR) is 94.8 cm³/mol. The van der Waals surface area contributed by atoms with Gasteiger partial charge in [-0.25, -0.2) is 9.78 Å². The fourth-order valence-electron chi connectivity index (χ4n) is 3.33. The largest absolute Gasteiger partial charge is 0.462 e. The number of aromatic nitrogens is 2. The van der Waals surface area contributed by atoms with E-state index in [1.54, 1.807) is 25.3 Å². The number of hydrogen-bond acceptors (Lipinski definition) is 4. The Balaban J connectivity index is 2.02. The van der Waals surface area contributed by atoms with Gasteiger partial charge >= 0.3 is 5.97 Å². The van der Waals surface area contributed by atoms with Crippen molar-refractivity contribution in [1.82, 2.24) is 9.55 Å². The highest BCUT2D eigenvalue weighted by Crippen LogP contribution is 2.34. The van der Waals surface area contributed by atoms with Crippen molar-refractivity contribution in [2.45, 2.75) is 44.9 Å². The quantitative estimate of drug-likeness (QED) is 0.660. The number of ether oxygens (including phenoxy) is 1. The first-order valence-electron chi connectivity index (χ1n) is 8.41. The molecule has 3 rings (SSSR count). The highest BCUT2D eigenvalue weighted by atomic mass is 35.5. The zero-order chi connectivity index (χ0) is 17.1. The standard InChI is InChI=1S/C18H22ClN3O2/c1-2-24-18(23)13-10-16(15(20)11-14(13)19)22-9-8-21-17(22)12-6-4-3-5-7-12/h8-12H,2-7,20H2,1H3. The summed E-state index contributed by atoms with van der Waals surface area (Å²) in [5.41, 5.74) is 7.73. The highest BCUT2D eigenvalue weighted by molar-refractivity contribution is 6.34. The van der Waals surface area contributed by atoms with Crippen LogP contribution in [-0.4, -0.2) is 22.1 Å². The minimum Gasteiger partial charge on any atom is -0.462 e. The summed E-state index contributed by atoms with van der Waals surface area (Å²) in [4.78, 5) is 16.7. The first-order valence-corrected chi connectivity index (χ1v) is 8.79. The van der Waals surface area contributed by atoms with E-state index >= 15 is 0 Å². The lowest BCUT2D eigenvalue weighted by molar-refractivity contribution is 0.0526. The number of benzene rings is 1. The van der Waals surface area contributed by atoms with E-state index in [0.717, 1.165) is 24.4 Å². The Bertz CT molecular complexity index is 736. The van der Waals surface area contributed by atoms with E-state index in [1.807, 2.05) is 10.8 Å². The van der Waals surface area contributed by atoms with Crippen LogP contribution in [0.5, 0.6) is 0 Å². The lowest BCUT2D eigenvalue weighted by Gasteiger charge is -2.23. The molecule has 0 amide bonds. The summed E-state index contributed by atoms with van der Waals surface area (Å²) in [5.74, 6) is 0.983. The van der Waals surface area contributed by atoms with Crippen LogP contribution >= 0.6 is 11.6 Å². The van der Waals surface area contributed by atoms with Gasteiger partial charge in [-0.05, 0) is 31.9 Å². The van der Waals surface area contributed by atoms with E-state index in [-0.39, 0.29) is 0 Å². The number of anilines is 1. The number of rotatable bonds is 4. The fraction of sp³-hybridized carbons (Fsp3) is 0.444. The molecule has 1 aromatic carbocycles. The molecule has 0 bridgehead atoms. The van der Waals surface area contributed by atoms with E-state index < -0.39 is 5.97 Å². The molecule has 1 aliphatic rings. The summed E-state index contributed by atoms with van der Waals surface area (Å²) in [6.45, 7) is 2.06. The average molecular weight is 348 g/mol. The maximum Gasteiger partial charge on any atom is 0.339 e. The minimum atomic E-state index is -0.442. The first kappa shape index (κ1) is 16.8. The smallest absolute Gasteiger partial charge is 0.339 e. The molecule has 1 aliphatic carbocycles. The molecule has 24 heavy (non-hydrogen) atoms.